The van der Waals surface area contributed by atoms with Gasteiger partial charge in [-0.15, -0.1) is 0 Å². The second-order valence-corrected chi connectivity index (χ2v) is 7.14. The third-order valence-electron chi connectivity index (χ3n) is 4.80. The minimum Gasteiger partial charge on any atom is -0.423 e. The first kappa shape index (κ1) is 20.0. The molecular weight excluding hydrogens is 396 g/mol. The smallest absolute Gasteiger partial charge is 0.343 e. The fourth-order valence-electron chi connectivity index (χ4n) is 3.27. The molecule has 0 fully saturated rings. The number of nitrogens with one attached hydrogen (secondary N) is 1. The number of hydrogen-bond donors (Lipinski definition) is 1. The van der Waals surface area contributed by atoms with Gasteiger partial charge in [-0.05, 0) is 61.5 Å². The average Bonchev–Trinajstić information content (AvgIpc) is 3.00. The first-order chi connectivity index (χ1) is 14.8. The van der Waals surface area contributed by atoms with Crippen molar-refractivity contribution in [1.29, 1.82) is 0 Å². The van der Waals surface area contributed by atoms with Crippen molar-refractivity contribution < 1.29 is 23.9 Å². The molecule has 1 N–H and O–H groups in total. The standard InChI is InChI=1S/C24H18N2O5/c1-14-3-10-19(11-4-14)31-24(30)16-5-12-20-21(13-16)23(29)26(22(20)28)18-8-6-17(7-9-18)25-15(2)27/h3-13H,1-2H3,(H,25,27). The van der Waals surface area contributed by atoms with Crippen molar-refractivity contribution in [2.24, 2.45) is 0 Å². The lowest BCUT2D eigenvalue weighted by atomic mass is 10.1. The number of amides is 3. The Kier molecular flexibility index (Phi) is 5.09. The van der Waals surface area contributed by atoms with Crippen LogP contribution in [0.4, 0.5) is 11.4 Å². The molecule has 3 amide bonds. The molecule has 31 heavy (non-hydrogen) atoms. The highest BCUT2D eigenvalue weighted by atomic mass is 16.5. The van der Waals surface area contributed by atoms with Crippen molar-refractivity contribution in [2.75, 3.05) is 10.2 Å². The van der Waals surface area contributed by atoms with Gasteiger partial charge in [-0.25, -0.2) is 9.69 Å². The lowest BCUT2D eigenvalue weighted by Gasteiger charge is -2.14. The molecule has 3 aromatic rings. The average molecular weight is 414 g/mol. The van der Waals surface area contributed by atoms with Crippen molar-refractivity contribution in [3.8, 4) is 5.75 Å². The maximum absolute atomic E-state index is 12.9. The number of aryl methyl sites for hydroxylation is 1. The van der Waals surface area contributed by atoms with E-state index in [4.69, 9.17) is 4.74 Å². The van der Waals surface area contributed by atoms with Crippen LogP contribution in [0.25, 0.3) is 0 Å². The number of hydrogen-bond acceptors (Lipinski definition) is 5. The minimum absolute atomic E-state index is 0.134. The van der Waals surface area contributed by atoms with Crippen LogP contribution in [0.3, 0.4) is 0 Å². The molecule has 1 aliphatic heterocycles. The van der Waals surface area contributed by atoms with Gasteiger partial charge in [0.1, 0.15) is 5.75 Å². The zero-order valence-electron chi connectivity index (χ0n) is 16.8. The summed E-state index contributed by atoms with van der Waals surface area (Å²) in [5.74, 6) is -1.47. The third kappa shape index (κ3) is 3.93. The SMILES string of the molecule is CC(=O)Nc1ccc(N2C(=O)c3ccc(C(=O)Oc4ccc(C)cc4)cc3C2=O)cc1. The molecule has 0 radical (unpaired) electrons. The molecule has 0 aromatic heterocycles. The van der Waals surface area contributed by atoms with Crippen LogP contribution in [0.2, 0.25) is 0 Å². The molecular formula is C24H18N2O5. The van der Waals surface area contributed by atoms with E-state index in [1.165, 1.54) is 25.1 Å². The van der Waals surface area contributed by atoms with Gasteiger partial charge in [0.05, 0.1) is 22.4 Å². The normalized spacial score (nSPS) is 12.5. The van der Waals surface area contributed by atoms with Gasteiger partial charge in [-0.1, -0.05) is 17.7 Å². The summed E-state index contributed by atoms with van der Waals surface area (Å²) in [5.41, 5.74) is 2.46. The molecule has 7 heteroatoms. The quantitative estimate of drug-likeness (QED) is 0.396. The summed E-state index contributed by atoms with van der Waals surface area (Å²) in [6, 6.07) is 17.6. The predicted molar refractivity (Wildman–Crippen MR) is 114 cm³/mol. The summed E-state index contributed by atoms with van der Waals surface area (Å²) in [5, 5.41) is 2.63. The highest BCUT2D eigenvalue weighted by molar-refractivity contribution is 6.34. The van der Waals surface area contributed by atoms with E-state index in [1.807, 2.05) is 19.1 Å². The molecule has 1 heterocycles. The number of imide groups is 1. The van der Waals surface area contributed by atoms with Crippen molar-refractivity contribution in [1.82, 2.24) is 0 Å². The van der Waals surface area contributed by atoms with E-state index in [-0.39, 0.29) is 22.6 Å². The summed E-state index contributed by atoms with van der Waals surface area (Å²) in [6.07, 6.45) is 0. The lowest BCUT2D eigenvalue weighted by Crippen LogP contribution is -2.29. The molecule has 4 rings (SSSR count). The van der Waals surface area contributed by atoms with Crippen LogP contribution < -0.4 is 15.0 Å². The van der Waals surface area contributed by atoms with Crippen LogP contribution >= 0.6 is 0 Å². The molecule has 0 atom stereocenters. The number of carbonyl (C=O) groups excluding carboxylic acids is 4. The van der Waals surface area contributed by atoms with E-state index >= 15 is 0 Å². The predicted octanol–water partition coefficient (Wildman–Crippen LogP) is 3.97. The molecule has 3 aromatic carbocycles. The summed E-state index contributed by atoms with van der Waals surface area (Å²) in [7, 11) is 0. The Morgan fingerprint density at radius 2 is 1.48 bits per heavy atom. The van der Waals surface area contributed by atoms with Gasteiger partial charge in [0.2, 0.25) is 5.91 Å². The van der Waals surface area contributed by atoms with Gasteiger partial charge < -0.3 is 10.1 Å². The van der Waals surface area contributed by atoms with Gasteiger partial charge in [-0.2, -0.15) is 0 Å². The lowest BCUT2D eigenvalue weighted by molar-refractivity contribution is -0.114. The van der Waals surface area contributed by atoms with Gasteiger partial charge in [0.25, 0.3) is 11.8 Å². The Morgan fingerprint density at radius 3 is 2.13 bits per heavy atom. The number of ether oxygens (including phenoxy) is 1. The van der Waals surface area contributed by atoms with Crippen LogP contribution in [-0.2, 0) is 4.79 Å². The Labute approximate surface area is 178 Å². The maximum atomic E-state index is 12.9. The number of esters is 1. The van der Waals surface area contributed by atoms with E-state index in [0.717, 1.165) is 10.5 Å². The van der Waals surface area contributed by atoms with Crippen molar-refractivity contribution in [3.05, 3.63) is 89.0 Å². The Hall–Kier alpha value is -4.26. The number of fused-ring (bicyclic) bond motifs is 1. The fourth-order valence-corrected chi connectivity index (χ4v) is 3.27. The van der Waals surface area contributed by atoms with Gasteiger partial charge in [0.15, 0.2) is 0 Å². The summed E-state index contributed by atoms with van der Waals surface area (Å²) in [6.45, 7) is 3.31. The molecule has 0 saturated carbocycles. The zero-order chi connectivity index (χ0) is 22.1. The largest absolute Gasteiger partial charge is 0.423 e. The molecule has 1 aliphatic rings. The van der Waals surface area contributed by atoms with Crippen molar-refractivity contribution in [2.45, 2.75) is 13.8 Å². The number of rotatable bonds is 4. The van der Waals surface area contributed by atoms with Crippen LogP contribution in [0.15, 0.2) is 66.7 Å². The molecule has 7 nitrogen and oxygen atoms in total. The van der Waals surface area contributed by atoms with Crippen LogP contribution in [-0.4, -0.2) is 23.7 Å². The molecule has 0 unspecified atom stereocenters. The van der Waals surface area contributed by atoms with E-state index in [2.05, 4.69) is 5.32 Å². The molecule has 0 saturated heterocycles. The molecule has 154 valence electrons. The van der Waals surface area contributed by atoms with Crippen LogP contribution in [0.1, 0.15) is 43.6 Å². The summed E-state index contributed by atoms with van der Waals surface area (Å²) in [4.78, 5) is 50.4. The number of anilines is 2. The highest BCUT2D eigenvalue weighted by Crippen LogP contribution is 2.30. The summed E-state index contributed by atoms with van der Waals surface area (Å²) >= 11 is 0. The number of carbonyl (C=O) groups is 4. The first-order valence-corrected chi connectivity index (χ1v) is 9.53. The minimum atomic E-state index is -0.620. The van der Waals surface area contributed by atoms with E-state index in [1.54, 1.807) is 36.4 Å². The Balaban J connectivity index is 1.57. The second kappa shape index (κ2) is 7.87. The number of benzene rings is 3. The van der Waals surface area contributed by atoms with Crippen LogP contribution in [0, 0.1) is 6.92 Å². The van der Waals surface area contributed by atoms with Crippen LogP contribution in [0.5, 0.6) is 5.75 Å². The zero-order valence-corrected chi connectivity index (χ0v) is 16.8. The Morgan fingerprint density at radius 1 is 0.839 bits per heavy atom. The Bertz CT molecular complexity index is 1210. The molecule has 0 spiro atoms. The van der Waals surface area contributed by atoms with Gasteiger partial charge in [0, 0.05) is 12.6 Å². The topological polar surface area (TPSA) is 92.8 Å². The van der Waals surface area contributed by atoms with Gasteiger partial charge >= 0.3 is 5.97 Å². The van der Waals surface area contributed by atoms with E-state index < -0.39 is 17.8 Å². The summed E-state index contributed by atoms with van der Waals surface area (Å²) < 4.78 is 5.35. The van der Waals surface area contributed by atoms with E-state index in [9.17, 15) is 19.2 Å². The number of nitrogens with zero attached hydrogens (tertiary/aromatic N) is 1. The van der Waals surface area contributed by atoms with E-state index in [0.29, 0.717) is 17.1 Å². The molecule has 0 bridgehead atoms. The first-order valence-electron chi connectivity index (χ1n) is 9.53. The van der Waals surface area contributed by atoms with Crippen molar-refractivity contribution >= 4 is 35.1 Å². The maximum Gasteiger partial charge on any atom is 0.343 e. The monoisotopic (exact) mass is 414 g/mol. The third-order valence-corrected chi connectivity index (χ3v) is 4.80. The second-order valence-electron chi connectivity index (χ2n) is 7.14. The van der Waals surface area contributed by atoms with Gasteiger partial charge in [-0.3, -0.25) is 14.4 Å². The fraction of sp³-hybridized carbons (Fsp3) is 0.0833. The molecule has 0 aliphatic carbocycles. The highest BCUT2D eigenvalue weighted by Gasteiger charge is 2.37. The van der Waals surface area contributed by atoms with Crippen molar-refractivity contribution in [3.63, 3.8) is 0 Å².